The minimum Gasteiger partial charge on any atom is -0.309 e. The molecular weight excluding hydrogens is 224 g/mol. The van der Waals surface area contributed by atoms with Crippen LogP contribution in [0.5, 0.6) is 0 Å². The summed E-state index contributed by atoms with van der Waals surface area (Å²) in [4.78, 5) is 0. The van der Waals surface area contributed by atoms with E-state index in [2.05, 4.69) is 27.7 Å². The molecule has 0 bridgehead atoms. The topological polar surface area (TPSA) is 53.6 Å². The summed E-state index contributed by atoms with van der Waals surface area (Å²) < 4.78 is 0. The average molecular weight is 250 g/mol. The zero-order chi connectivity index (χ0) is 12.6. The molecule has 1 atom stereocenters. The number of nitrogens with zero attached hydrogens (tertiary/aromatic N) is 2. The molecule has 102 valence electrons. The lowest BCUT2D eigenvalue weighted by molar-refractivity contribution is 0.313. The second-order valence-electron chi connectivity index (χ2n) is 5.48. The second-order valence-corrected chi connectivity index (χ2v) is 5.48. The lowest BCUT2D eigenvalue weighted by Gasteiger charge is -2.24. The molecule has 0 radical (unpaired) electrons. The van der Waals surface area contributed by atoms with Crippen LogP contribution in [0.25, 0.3) is 0 Å². The van der Waals surface area contributed by atoms with Crippen LogP contribution in [0.15, 0.2) is 6.20 Å². The van der Waals surface area contributed by atoms with Crippen molar-refractivity contribution in [1.29, 1.82) is 0 Å². The highest BCUT2D eigenvalue weighted by Gasteiger charge is 2.18. The van der Waals surface area contributed by atoms with Gasteiger partial charge in [0.15, 0.2) is 0 Å². The number of hydrogen-bond donors (Lipinski definition) is 2. The normalized spacial score (nSPS) is 18.9. The van der Waals surface area contributed by atoms with E-state index in [1.165, 1.54) is 44.9 Å². The molecule has 1 aromatic rings. The Morgan fingerprint density at radius 3 is 2.89 bits per heavy atom. The van der Waals surface area contributed by atoms with E-state index >= 15 is 0 Å². The molecule has 2 N–H and O–H groups in total. The molecule has 1 saturated carbocycles. The van der Waals surface area contributed by atoms with Crippen molar-refractivity contribution < 1.29 is 0 Å². The molecule has 1 fully saturated rings. The molecule has 0 spiro atoms. The number of aromatic amines is 1. The Morgan fingerprint density at radius 1 is 1.39 bits per heavy atom. The van der Waals surface area contributed by atoms with Crippen molar-refractivity contribution in [3.05, 3.63) is 11.9 Å². The maximum absolute atomic E-state index is 4.23. The Labute approximate surface area is 110 Å². The minimum atomic E-state index is 0.380. The van der Waals surface area contributed by atoms with Crippen LogP contribution in [0.2, 0.25) is 0 Å². The highest BCUT2D eigenvalue weighted by atomic mass is 15.3. The first-order valence-electron chi connectivity index (χ1n) is 7.49. The summed E-state index contributed by atoms with van der Waals surface area (Å²) in [5.74, 6) is 0.941. The maximum atomic E-state index is 4.23. The van der Waals surface area contributed by atoms with E-state index in [1.54, 1.807) is 0 Å². The van der Waals surface area contributed by atoms with Crippen molar-refractivity contribution in [2.24, 2.45) is 5.92 Å². The third-order valence-corrected chi connectivity index (χ3v) is 4.02. The summed E-state index contributed by atoms with van der Waals surface area (Å²) in [6.07, 6.45) is 12.7. The van der Waals surface area contributed by atoms with Crippen LogP contribution in [0.3, 0.4) is 0 Å². The van der Waals surface area contributed by atoms with Crippen molar-refractivity contribution in [1.82, 2.24) is 20.7 Å². The van der Waals surface area contributed by atoms with Crippen LogP contribution in [0.1, 0.15) is 70.0 Å². The van der Waals surface area contributed by atoms with Crippen molar-refractivity contribution in [3.8, 4) is 0 Å². The highest BCUT2D eigenvalue weighted by Crippen LogP contribution is 2.29. The van der Waals surface area contributed by atoms with Crippen LogP contribution >= 0.6 is 0 Å². The lowest BCUT2D eigenvalue weighted by Crippen LogP contribution is -2.23. The van der Waals surface area contributed by atoms with E-state index in [1.807, 2.05) is 6.20 Å². The number of nitrogens with one attached hydrogen (secondary N) is 2. The first-order chi connectivity index (χ1) is 8.90. The van der Waals surface area contributed by atoms with Gasteiger partial charge in [-0.15, -0.1) is 0 Å². The SMILES string of the molecule is CCCNC(CCC1CCCCC1)c1cn[nH]n1. The Balaban J connectivity index is 1.80. The standard InChI is InChI=1S/C14H26N4/c1-2-10-15-13(14-11-16-18-17-14)9-8-12-6-4-3-5-7-12/h11-13,15H,2-10H2,1H3,(H,16,17,18). The summed E-state index contributed by atoms with van der Waals surface area (Å²) in [7, 11) is 0. The quantitative estimate of drug-likeness (QED) is 0.781. The predicted molar refractivity (Wildman–Crippen MR) is 73.2 cm³/mol. The van der Waals surface area contributed by atoms with Crippen LogP contribution in [0.4, 0.5) is 0 Å². The molecule has 2 rings (SSSR count). The summed E-state index contributed by atoms with van der Waals surface area (Å²) in [5, 5.41) is 14.5. The molecule has 0 aliphatic heterocycles. The van der Waals surface area contributed by atoms with Gasteiger partial charge < -0.3 is 5.32 Å². The largest absolute Gasteiger partial charge is 0.309 e. The Hall–Kier alpha value is -0.900. The van der Waals surface area contributed by atoms with E-state index < -0.39 is 0 Å². The van der Waals surface area contributed by atoms with E-state index in [0.717, 1.165) is 24.6 Å². The highest BCUT2D eigenvalue weighted by molar-refractivity contribution is 4.99. The summed E-state index contributed by atoms with van der Waals surface area (Å²) >= 11 is 0. The monoisotopic (exact) mass is 250 g/mol. The van der Waals surface area contributed by atoms with E-state index in [4.69, 9.17) is 0 Å². The van der Waals surface area contributed by atoms with Gasteiger partial charge in [0.1, 0.15) is 0 Å². The lowest BCUT2D eigenvalue weighted by atomic mass is 9.85. The zero-order valence-corrected chi connectivity index (χ0v) is 11.5. The number of rotatable bonds is 7. The van der Waals surface area contributed by atoms with Crippen molar-refractivity contribution in [2.45, 2.75) is 64.3 Å². The van der Waals surface area contributed by atoms with Gasteiger partial charge in [-0.3, -0.25) is 0 Å². The molecule has 0 amide bonds. The molecule has 1 aliphatic carbocycles. The van der Waals surface area contributed by atoms with Gasteiger partial charge in [-0.2, -0.15) is 15.4 Å². The molecule has 1 aromatic heterocycles. The van der Waals surface area contributed by atoms with E-state index in [-0.39, 0.29) is 0 Å². The van der Waals surface area contributed by atoms with Crippen molar-refractivity contribution in [2.75, 3.05) is 6.54 Å². The molecule has 4 nitrogen and oxygen atoms in total. The molecule has 0 saturated heterocycles. The van der Waals surface area contributed by atoms with Crippen LogP contribution in [0, 0.1) is 5.92 Å². The third kappa shape index (κ3) is 4.09. The predicted octanol–water partition coefficient (Wildman–Crippen LogP) is 3.21. The number of hydrogen-bond acceptors (Lipinski definition) is 3. The molecular formula is C14H26N4. The maximum Gasteiger partial charge on any atom is 0.0993 e. The first kappa shape index (κ1) is 13.5. The van der Waals surface area contributed by atoms with Crippen LogP contribution < -0.4 is 5.32 Å². The number of H-pyrrole nitrogens is 1. The zero-order valence-electron chi connectivity index (χ0n) is 11.5. The Kier molecular flexibility index (Phi) is 5.65. The molecule has 18 heavy (non-hydrogen) atoms. The van der Waals surface area contributed by atoms with Gasteiger partial charge >= 0.3 is 0 Å². The van der Waals surface area contributed by atoms with Gasteiger partial charge in [0.05, 0.1) is 17.9 Å². The van der Waals surface area contributed by atoms with Gasteiger partial charge in [0.2, 0.25) is 0 Å². The van der Waals surface area contributed by atoms with Gasteiger partial charge in [0.25, 0.3) is 0 Å². The summed E-state index contributed by atoms with van der Waals surface area (Å²) in [6, 6.07) is 0.380. The minimum absolute atomic E-state index is 0.380. The van der Waals surface area contributed by atoms with Gasteiger partial charge in [-0.05, 0) is 31.7 Å². The van der Waals surface area contributed by atoms with Gasteiger partial charge in [-0.1, -0.05) is 39.0 Å². The van der Waals surface area contributed by atoms with E-state index in [0.29, 0.717) is 6.04 Å². The summed E-state index contributed by atoms with van der Waals surface area (Å²) in [6.45, 7) is 3.26. The molecule has 0 aromatic carbocycles. The summed E-state index contributed by atoms with van der Waals surface area (Å²) in [5.41, 5.74) is 1.07. The first-order valence-corrected chi connectivity index (χ1v) is 7.49. The van der Waals surface area contributed by atoms with Crippen LogP contribution in [-0.4, -0.2) is 22.0 Å². The van der Waals surface area contributed by atoms with Crippen molar-refractivity contribution >= 4 is 0 Å². The van der Waals surface area contributed by atoms with E-state index in [9.17, 15) is 0 Å². The van der Waals surface area contributed by atoms with Gasteiger partial charge in [0, 0.05) is 0 Å². The Morgan fingerprint density at radius 2 is 2.22 bits per heavy atom. The Bertz CT molecular complexity index is 304. The molecule has 1 unspecified atom stereocenters. The second kappa shape index (κ2) is 7.52. The average Bonchev–Trinajstić information content (AvgIpc) is 2.94. The molecule has 1 heterocycles. The van der Waals surface area contributed by atoms with Crippen LogP contribution in [-0.2, 0) is 0 Å². The molecule has 4 heteroatoms. The third-order valence-electron chi connectivity index (χ3n) is 4.02. The molecule has 1 aliphatic rings. The fourth-order valence-electron chi connectivity index (χ4n) is 2.93. The smallest absolute Gasteiger partial charge is 0.0993 e. The number of aromatic nitrogens is 3. The fraction of sp³-hybridized carbons (Fsp3) is 0.857. The van der Waals surface area contributed by atoms with Gasteiger partial charge in [-0.25, -0.2) is 0 Å². The van der Waals surface area contributed by atoms with Crippen molar-refractivity contribution in [3.63, 3.8) is 0 Å². The fourth-order valence-corrected chi connectivity index (χ4v) is 2.93.